The molecule has 3 aromatic rings. The van der Waals surface area contributed by atoms with Crippen LogP contribution in [-0.4, -0.2) is 9.13 Å². The molecule has 1 heterocycles. The maximum absolute atomic E-state index is 12.0. The molecule has 0 bridgehead atoms. The van der Waals surface area contributed by atoms with Gasteiger partial charge in [-0.15, -0.1) is 0 Å². The number of ether oxygens (including phenoxy) is 1. The highest BCUT2D eigenvalue weighted by Gasteiger charge is 2.12. The zero-order valence-corrected chi connectivity index (χ0v) is 11.5. The number of aryl methyl sites for hydroxylation is 2. The Labute approximate surface area is 116 Å². The van der Waals surface area contributed by atoms with Crippen molar-refractivity contribution in [3.63, 3.8) is 0 Å². The Morgan fingerprint density at radius 3 is 2.45 bits per heavy atom. The summed E-state index contributed by atoms with van der Waals surface area (Å²) in [6, 6.07) is 15.7. The molecule has 0 saturated carbocycles. The SMILES string of the molecule is Cn1c(=O)n(C)c2c(OCc3ccccc3)cccc21. The molecule has 0 N–H and O–H groups in total. The second-order valence-corrected chi connectivity index (χ2v) is 4.80. The number of benzene rings is 2. The molecule has 4 heteroatoms. The van der Waals surface area contributed by atoms with Crippen molar-refractivity contribution in [3.05, 3.63) is 64.6 Å². The Kier molecular flexibility index (Phi) is 3.06. The van der Waals surface area contributed by atoms with E-state index in [1.54, 1.807) is 23.2 Å². The topological polar surface area (TPSA) is 36.2 Å². The van der Waals surface area contributed by atoms with Gasteiger partial charge in [0.05, 0.1) is 5.52 Å². The number of rotatable bonds is 3. The lowest BCUT2D eigenvalue weighted by molar-refractivity contribution is 0.309. The molecule has 0 saturated heterocycles. The molecule has 0 radical (unpaired) electrons. The summed E-state index contributed by atoms with van der Waals surface area (Å²) in [5, 5.41) is 0. The predicted octanol–water partition coefficient (Wildman–Crippen LogP) is 2.46. The largest absolute Gasteiger partial charge is 0.487 e. The summed E-state index contributed by atoms with van der Waals surface area (Å²) in [5.41, 5.74) is 2.76. The van der Waals surface area contributed by atoms with Gasteiger partial charge in [-0.1, -0.05) is 36.4 Å². The minimum absolute atomic E-state index is 0.0456. The van der Waals surface area contributed by atoms with Crippen LogP contribution in [0, 0.1) is 0 Å². The zero-order chi connectivity index (χ0) is 14.1. The number of nitrogens with zero attached hydrogens (tertiary/aromatic N) is 2. The second-order valence-electron chi connectivity index (χ2n) is 4.80. The van der Waals surface area contributed by atoms with Gasteiger partial charge in [-0.3, -0.25) is 9.13 Å². The third-order valence-electron chi connectivity index (χ3n) is 3.49. The first kappa shape index (κ1) is 12.5. The average Bonchev–Trinajstić information content (AvgIpc) is 2.72. The molecule has 0 aliphatic carbocycles. The molecule has 102 valence electrons. The van der Waals surface area contributed by atoms with Gasteiger partial charge in [0.25, 0.3) is 0 Å². The Balaban J connectivity index is 2.00. The number of hydrogen-bond donors (Lipinski definition) is 0. The minimum atomic E-state index is -0.0456. The van der Waals surface area contributed by atoms with Gasteiger partial charge in [-0.2, -0.15) is 0 Å². The summed E-state index contributed by atoms with van der Waals surface area (Å²) in [5.74, 6) is 0.728. The number of para-hydroxylation sites is 1. The van der Waals surface area contributed by atoms with Crippen LogP contribution in [0.5, 0.6) is 5.75 Å². The van der Waals surface area contributed by atoms with Gasteiger partial charge in [0.15, 0.2) is 0 Å². The van der Waals surface area contributed by atoms with Crippen molar-refractivity contribution in [3.8, 4) is 5.75 Å². The molecular formula is C16H16N2O2. The average molecular weight is 268 g/mol. The first-order valence-electron chi connectivity index (χ1n) is 6.49. The highest BCUT2D eigenvalue weighted by atomic mass is 16.5. The van der Waals surface area contributed by atoms with Gasteiger partial charge in [-0.25, -0.2) is 4.79 Å². The van der Waals surface area contributed by atoms with E-state index in [4.69, 9.17) is 4.74 Å². The normalized spacial score (nSPS) is 10.9. The lowest BCUT2D eigenvalue weighted by atomic mass is 10.2. The summed E-state index contributed by atoms with van der Waals surface area (Å²) in [6.45, 7) is 0.489. The molecule has 3 rings (SSSR count). The van der Waals surface area contributed by atoms with E-state index < -0.39 is 0 Å². The summed E-state index contributed by atoms with van der Waals surface area (Å²) < 4.78 is 9.13. The van der Waals surface area contributed by atoms with Gasteiger partial charge in [0.1, 0.15) is 17.9 Å². The molecule has 4 nitrogen and oxygen atoms in total. The van der Waals surface area contributed by atoms with Crippen LogP contribution in [-0.2, 0) is 20.7 Å². The quantitative estimate of drug-likeness (QED) is 0.731. The van der Waals surface area contributed by atoms with Crippen molar-refractivity contribution in [2.45, 2.75) is 6.61 Å². The molecule has 0 amide bonds. The fourth-order valence-electron chi connectivity index (χ4n) is 2.39. The van der Waals surface area contributed by atoms with Crippen molar-refractivity contribution in [1.82, 2.24) is 9.13 Å². The van der Waals surface area contributed by atoms with E-state index in [-0.39, 0.29) is 5.69 Å². The third kappa shape index (κ3) is 1.99. The van der Waals surface area contributed by atoms with Gasteiger partial charge >= 0.3 is 5.69 Å². The smallest absolute Gasteiger partial charge is 0.328 e. The van der Waals surface area contributed by atoms with Crippen molar-refractivity contribution in [2.24, 2.45) is 14.1 Å². The minimum Gasteiger partial charge on any atom is -0.487 e. The van der Waals surface area contributed by atoms with Crippen LogP contribution >= 0.6 is 0 Å². The van der Waals surface area contributed by atoms with Crippen LogP contribution in [0.1, 0.15) is 5.56 Å². The summed E-state index contributed by atoms with van der Waals surface area (Å²) in [6.07, 6.45) is 0. The molecule has 0 fully saturated rings. The van der Waals surface area contributed by atoms with Crippen LogP contribution in [0.2, 0.25) is 0 Å². The van der Waals surface area contributed by atoms with E-state index >= 15 is 0 Å². The zero-order valence-electron chi connectivity index (χ0n) is 11.5. The van der Waals surface area contributed by atoms with Crippen LogP contribution < -0.4 is 10.4 Å². The molecule has 1 aromatic heterocycles. The fourth-order valence-corrected chi connectivity index (χ4v) is 2.39. The summed E-state index contributed by atoms with van der Waals surface area (Å²) in [4.78, 5) is 12.0. The predicted molar refractivity (Wildman–Crippen MR) is 78.9 cm³/mol. The van der Waals surface area contributed by atoms with Crippen molar-refractivity contribution >= 4 is 11.0 Å². The Morgan fingerprint density at radius 1 is 0.950 bits per heavy atom. The summed E-state index contributed by atoms with van der Waals surface area (Å²) >= 11 is 0. The lowest BCUT2D eigenvalue weighted by Gasteiger charge is -2.08. The number of hydrogen-bond acceptors (Lipinski definition) is 2. The van der Waals surface area contributed by atoms with E-state index in [0.29, 0.717) is 6.61 Å². The standard InChI is InChI=1S/C16H16N2O2/c1-17-13-9-6-10-14(15(13)18(2)16(17)19)20-11-12-7-4-3-5-8-12/h3-10H,11H2,1-2H3. The van der Waals surface area contributed by atoms with Gasteiger partial charge in [0, 0.05) is 14.1 Å². The first-order chi connectivity index (χ1) is 9.68. The molecule has 2 aromatic carbocycles. The lowest BCUT2D eigenvalue weighted by Crippen LogP contribution is -2.19. The number of fused-ring (bicyclic) bond motifs is 1. The molecular weight excluding hydrogens is 252 g/mol. The third-order valence-corrected chi connectivity index (χ3v) is 3.49. The highest BCUT2D eigenvalue weighted by Crippen LogP contribution is 2.24. The molecule has 0 aliphatic rings. The Morgan fingerprint density at radius 2 is 1.70 bits per heavy atom. The van der Waals surface area contributed by atoms with Gasteiger partial charge in [-0.05, 0) is 17.7 Å². The van der Waals surface area contributed by atoms with E-state index in [1.165, 1.54) is 0 Å². The van der Waals surface area contributed by atoms with Crippen LogP contribution in [0.3, 0.4) is 0 Å². The van der Waals surface area contributed by atoms with E-state index in [1.807, 2.05) is 48.5 Å². The van der Waals surface area contributed by atoms with E-state index in [9.17, 15) is 4.79 Å². The van der Waals surface area contributed by atoms with E-state index in [2.05, 4.69) is 0 Å². The van der Waals surface area contributed by atoms with E-state index in [0.717, 1.165) is 22.3 Å². The first-order valence-corrected chi connectivity index (χ1v) is 6.49. The van der Waals surface area contributed by atoms with Gasteiger partial charge in [0.2, 0.25) is 0 Å². The monoisotopic (exact) mass is 268 g/mol. The Bertz CT molecular complexity index is 800. The maximum atomic E-state index is 12.0. The molecule has 20 heavy (non-hydrogen) atoms. The van der Waals surface area contributed by atoms with Gasteiger partial charge < -0.3 is 4.74 Å². The summed E-state index contributed by atoms with van der Waals surface area (Å²) in [7, 11) is 3.53. The molecule has 0 aliphatic heterocycles. The Hall–Kier alpha value is -2.49. The highest BCUT2D eigenvalue weighted by molar-refractivity contribution is 5.82. The van der Waals surface area contributed by atoms with Crippen LogP contribution in [0.25, 0.3) is 11.0 Å². The van der Waals surface area contributed by atoms with Crippen LogP contribution in [0.15, 0.2) is 53.3 Å². The molecule has 0 atom stereocenters. The fraction of sp³-hybridized carbons (Fsp3) is 0.188. The second kappa shape index (κ2) is 4.89. The number of aromatic nitrogens is 2. The maximum Gasteiger partial charge on any atom is 0.328 e. The van der Waals surface area contributed by atoms with Crippen LogP contribution in [0.4, 0.5) is 0 Å². The number of imidazole rings is 1. The van der Waals surface area contributed by atoms with Crippen molar-refractivity contribution in [1.29, 1.82) is 0 Å². The van der Waals surface area contributed by atoms with Crippen molar-refractivity contribution in [2.75, 3.05) is 0 Å². The van der Waals surface area contributed by atoms with Crippen molar-refractivity contribution < 1.29 is 4.74 Å². The molecule has 0 spiro atoms. The molecule has 0 unspecified atom stereocenters.